The first-order chi connectivity index (χ1) is 19.0. The molecule has 39 heavy (non-hydrogen) atoms. The van der Waals surface area contributed by atoms with Gasteiger partial charge < -0.3 is 18.9 Å². The molecular formula is C31H32ClN5O2. The van der Waals surface area contributed by atoms with Crippen LogP contribution in [-0.4, -0.2) is 64.1 Å². The molecule has 5 heterocycles. The molecule has 0 unspecified atom stereocenters. The number of hydrogen-bond donors (Lipinski definition) is 0. The van der Waals surface area contributed by atoms with Crippen LogP contribution >= 0.6 is 11.6 Å². The Hall–Kier alpha value is -3.55. The number of aromatic nitrogens is 2. The van der Waals surface area contributed by atoms with E-state index in [1.54, 1.807) is 6.07 Å². The number of carbonyl (C=O) groups excluding carboxylic acids is 1. The fourth-order valence-corrected chi connectivity index (χ4v) is 7.06. The highest BCUT2D eigenvalue weighted by atomic mass is 35.5. The van der Waals surface area contributed by atoms with E-state index in [0.29, 0.717) is 24.9 Å². The van der Waals surface area contributed by atoms with Crippen molar-refractivity contribution in [3.8, 4) is 0 Å². The molecule has 2 aromatic heterocycles. The standard InChI is InChI=1S/C31H32ClN5O2/c32-24-5-3-6-25(16-24)34-11-13-35(14-12-34)31(39)27-20-36(29-8-2-1-7-26(27)29)21-33-17-22-15-23(19-33)28-9-4-10-30(38)37(28)18-22/h1-10,16,20,22-23H,11-15,17-19,21H2/t22-,23+/m0/s1. The van der Waals surface area contributed by atoms with Crippen LogP contribution in [0.25, 0.3) is 10.9 Å². The minimum atomic E-state index is 0.0968. The van der Waals surface area contributed by atoms with Gasteiger partial charge in [0.25, 0.3) is 11.5 Å². The molecule has 0 saturated carbocycles. The average Bonchev–Trinajstić information content (AvgIpc) is 3.31. The molecule has 2 aromatic carbocycles. The fourth-order valence-electron chi connectivity index (χ4n) is 6.87. The second kappa shape index (κ2) is 9.88. The molecule has 7 nitrogen and oxygen atoms in total. The first kappa shape index (κ1) is 24.5. The number of piperazine rings is 1. The summed E-state index contributed by atoms with van der Waals surface area (Å²) in [5, 5.41) is 1.74. The molecule has 2 saturated heterocycles. The van der Waals surface area contributed by atoms with Crippen molar-refractivity contribution in [2.75, 3.05) is 44.2 Å². The first-order valence-corrected chi connectivity index (χ1v) is 14.2. The zero-order chi connectivity index (χ0) is 26.5. The van der Waals surface area contributed by atoms with E-state index in [-0.39, 0.29) is 11.5 Å². The van der Waals surface area contributed by atoms with Gasteiger partial charge in [-0.2, -0.15) is 0 Å². The highest BCUT2D eigenvalue weighted by molar-refractivity contribution is 6.30. The van der Waals surface area contributed by atoms with Gasteiger partial charge in [-0.3, -0.25) is 14.5 Å². The molecule has 4 aromatic rings. The SMILES string of the molecule is O=C(c1cn(CN2C[C@@H]3C[C@H](C2)c2cccc(=O)n2C3)c2ccccc12)N1CCN(c2cccc(Cl)c2)CC1. The lowest BCUT2D eigenvalue weighted by Gasteiger charge is -2.42. The molecule has 200 valence electrons. The van der Waals surface area contributed by atoms with E-state index in [9.17, 15) is 9.59 Å². The van der Waals surface area contributed by atoms with Crippen LogP contribution in [-0.2, 0) is 13.2 Å². The maximum atomic E-state index is 13.8. The Balaban J connectivity index is 1.10. The number of anilines is 1. The van der Waals surface area contributed by atoms with Crippen molar-refractivity contribution in [3.05, 3.63) is 99.6 Å². The predicted octanol–water partition coefficient (Wildman–Crippen LogP) is 4.50. The van der Waals surface area contributed by atoms with E-state index in [1.807, 2.05) is 45.9 Å². The Morgan fingerprint density at radius 1 is 0.897 bits per heavy atom. The highest BCUT2D eigenvalue weighted by Gasteiger charge is 2.35. The van der Waals surface area contributed by atoms with Gasteiger partial charge in [0.1, 0.15) is 0 Å². The van der Waals surface area contributed by atoms with Gasteiger partial charge in [-0.15, -0.1) is 0 Å². The molecular weight excluding hydrogens is 510 g/mol. The maximum Gasteiger partial charge on any atom is 0.256 e. The van der Waals surface area contributed by atoms with E-state index in [4.69, 9.17) is 11.6 Å². The largest absolute Gasteiger partial charge is 0.368 e. The molecule has 3 aliphatic rings. The van der Waals surface area contributed by atoms with E-state index < -0.39 is 0 Å². The summed E-state index contributed by atoms with van der Waals surface area (Å²) in [6, 6.07) is 21.8. The summed E-state index contributed by atoms with van der Waals surface area (Å²) >= 11 is 6.20. The number of piperidine rings is 1. The van der Waals surface area contributed by atoms with Crippen LogP contribution in [0.5, 0.6) is 0 Å². The monoisotopic (exact) mass is 541 g/mol. The number of nitrogens with zero attached hydrogens (tertiary/aromatic N) is 5. The molecule has 0 radical (unpaired) electrons. The zero-order valence-corrected chi connectivity index (χ0v) is 22.6. The number of fused-ring (bicyclic) bond motifs is 5. The minimum Gasteiger partial charge on any atom is -0.368 e. The van der Waals surface area contributed by atoms with Crippen LogP contribution in [0.3, 0.4) is 0 Å². The smallest absolute Gasteiger partial charge is 0.256 e. The zero-order valence-electron chi connectivity index (χ0n) is 21.9. The molecule has 2 atom stereocenters. The topological polar surface area (TPSA) is 53.7 Å². The van der Waals surface area contributed by atoms with E-state index in [2.05, 4.69) is 44.8 Å². The van der Waals surface area contributed by atoms with Crippen LogP contribution in [0.2, 0.25) is 5.02 Å². The summed E-state index contributed by atoms with van der Waals surface area (Å²) < 4.78 is 4.22. The second-order valence-corrected chi connectivity index (χ2v) is 11.6. The number of likely N-dealkylation sites (tertiary alicyclic amines) is 1. The van der Waals surface area contributed by atoms with Crippen molar-refractivity contribution in [3.63, 3.8) is 0 Å². The van der Waals surface area contributed by atoms with Crippen LogP contribution in [0, 0.1) is 5.92 Å². The second-order valence-electron chi connectivity index (χ2n) is 11.2. The summed E-state index contributed by atoms with van der Waals surface area (Å²) in [5.74, 6) is 0.930. The van der Waals surface area contributed by atoms with Gasteiger partial charge in [0, 0.05) is 91.3 Å². The lowest BCUT2D eigenvalue weighted by atomic mass is 9.83. The van der Waals surface area contributed by atoms with Gasteiger partial charge in [-0.05, 0) is 42.7 Å². The van der Waals surface area contributed by atoms with E-state index in [1.165, 1.54) is 0 Å². The van der Waals surface area contributed by atoms with Crippen molar-refractivity contribution in [2.24, 2.45) is 5.92 Å². The van der Waals surface area contributed by atoms with Crippen LogP contribution < -0.4 is 10.5 Å². The third kappa shape index (κ3) is 4.53. The summed E-state index contributed by atoms with van der Waals surface area (Å²) in [6.45, 7) is 6.33. The maximum absolute atomic E-state index is 13.8. The number of halogens is 1. The molecule has 0 N–H and O–H groups in total. The lowest BCUT2D eigenvalue weighted by molar-refractivity contribution is 0.0747. The quantitative estimate of drug-likeness (QED) is 0.382. The average molecular weight is 542 g/mol. The van der Waals surface area contributed by atoms with Gasteiger partial charge in [0.05, 0.1) is 12.2 Å². The van der Waals surface area contributed by atoms with Crippen LogP contribution in [0.15, 0.2) is 77.7 Å². The van der Waals surface area contributed by atoms with Gasteiger partial charge in [0.15, 0.2) is 0 Å². The predicted molar refractivity (Wildman–Crippen MR) is 155 cm³/mol. The molecule has 0 aliphatic carbocycles. The third-order valence-corrected chi connectivity index (χ3v) is 8.90. The Morgan fingerprint density at radius 2 is 1.72 bits per heavy atom. The van der Waals surface area contributed by atoms with Crippen LogP contribution in [0.4, 0.5) is 5.69 Å². The van der Waals surface area contributed by atoms with E-state index >= 15 is 0 Å². The molecule has 2 bridgehead atoms. The Labute approximate surface area is 232 Å². The molecule has 3 aliphatic heterocycles. The molecule has 1 amide bonds. The molecule has 8 heteroatoms. The van der Waals surface area contributed by atoms with Crippen molar-refractivity contribution in [1.29, 1.82) is 0 Å². The number of amides is 1. The van der Waals surface area contributed by atoms with Crippen molar-refractivity contribution in [1.82, 2.24) is 18.9 Å². The number of rotatable bonds is 4. The van der Waals surface area contributed by atoms with Gasteiger partial charge in [-0.1, -0.05) is 41.9 Å². The number of para-hydroxylation sites is 1. The molecule has 2 fully saturated rings. The Morgan fingerprint density at radius 3 is 2.56 bits per heavy atom. The highest BCUT2D eigenvalue weighted by Crippen LogP contribution is 2.35. The first-order valence-electron chi connectivity index (χ1n) is 13.8. The van der Waals surface area contributed by atoms with Gasteiger partial charge in [-0.25, -0.2) is 0 Å². The third-order valence-electron chi connectivity index (χ3n) is 8.67. The normalized spacial score (nSPS) is 21.3. The summed E-state index contributed by atoms with van der Waals surface area (Å²) in [7, 11) is 0. The Bertz CT molecular complexity index is 1600. The van der Waals surface area contributed by atoms with Crippen molar-refractivity contribution >= 4 is 34.1 Å². The number of benzene rings is 2. The molecule has 7 rings (SSSR count). The summed E-state index contributed by atoms with van der Waals surface area (Å²) in [6.07, 6.45) is 3.19. The van der Waals surface area contributed by atoms with Crippen molar-refractivity contribution in [2.45, 2.75) is 25.6 Å². The summed E-state index contributed by atoms with van der Waals surface area (Å²) in [4.78, 5) is 32.9. The summed E-state index contributed by atoms with van der Waals surface area (Å²) in [5.41, 5.74) is 4.24. The minimum absolute atomic E-state index is 0.0968. The number of pyridine rings is 1. The van der Waals surface area contributed by atoms with E-state index in [0.717, 1.165) is 78.7 Å². The van der Waals surface area contributed by atoms with Gasteiger partial charge >= 0.3 is 0 Å². The van der Waals surface area contributed by atoms with Crippen molar-refractivity contribution < 1.29 is 4.79 Å². The van der Waals surface area contributed by atoms with Crippen LogP contribution in [0.1, 0.15) is 28.4 Å². The number of hydrogen-bond acceptors (Lipinski definition) is 4. The lowest BCUT2D eigenvalue weighted by Crippen LogP contribution is -2.48. The molecule has 0 spiro atoms. The van der Waals surface area contributed by atoms with Gasteiger partial charge in [0.2, 0.25) is 0 Å². The Kier molecular flexibility index (Phi) is 6.21. The fraction of sp³-hybridized carbons (Fsp3) is 0.355. The number of carbonyl (C=O) groups is 1.